The van der Waals surface area contributed by atoms with Crippen molar-refractivity contribution < 1.29 is 14.3 Å². The van der Waals surface area contributed by atoms with E-state index in [4.69, 9.17) is 4.74 Å². The lowest BCUT2D eigenvalue weighted by Gasteiger charge is -2.29. The smallest absolute Gasteiger partial charge is 0.339 e. The molecular formula is C18H16INO3. The highest BCUT2D eigenvalue weighted by atomic mass is 127. The van der Waals surface area contributed by atoms with Gasteiger partial charge in [-0.1, -0.05) is 30.3 Å². The number of carbonyl (C=O) groups excluding carboxylic acids is 2. The number of amides is 1. The van der Waals surface area contributed by atoms with E-state index in [1.54, 1.807) is 17.0 Å². The summed E-state index contributed by atoms with van der Waals surface area (Å²) in [5.74, 6) is -0.648. The maximum Gasteiger partial charge on any atom is 0.339 e. The van der Waals surface area contributed by atoms with Gasteiger partial charge in [-0.15, -0.1) is 0 Å². The van der Waals surface area contributed by atoms with Crippen molar-refractivity contribution in [3.8, 4) is 0 Å². The molecule has 1 amide bonds. The van der Waals surface area contributed by atoms with Gasteiger partial charge in [-0.2, -0.15) is 0 Å². The molecule has 1 aliphatic heterocycles. The van der Waals surface area contributed by atoms with Gasteiger partial charge in [0.15, 0.2) is 6.61 Å². The van der Waals surface area contributed by atoms with E-state index >= 15 is 0 Å². The van der Waals surface area contributed by atoms with Gasteiger partial charge in [0.1, 0.15) is 0 Å². The lowest BCUT2D eigenvalue weighted by atomic mass is 10.0. The molecule has 0 aromatic heterocycles. The molecule has 2 aromatic rings. The third-order valence-corrected chi connectivity index (χ3v) is 4.77. The average molecular weight is 421 g/mol. The Hall–Kier alpha value is -1.89. The van der Waals surface area contributed by atoms with Crippen molar-refractivity contribution in [1.82, 2.24) is 0 Å². The summed E-state index contributed by atoms with van der Waals surface area (Å²) in [6.07, 6.45) is 1.90. The maximum absolute atomic E-state index is 12.4. The molecule has 5 heteroatoms. The largest absolute Gasteiger partial charge is 0.452 e. The number of fused-ring (bicyclic) bond motifs is 1. The highest BCUT2D eigenvalue weighted by Gasteiger charge is 2.23. The van der Waals surface area contributed by atoms with Crippen LogP contribution < -0.4 is 4.90 Å². The fourth-order valence-electron chi connectivity index (χ4n) is 2.70. The van der Waals surface area contributed by atoms with Crippen LogP contribution in [0.5, 0.6) is 0 Å². The van der Waals surface area contributed by atoms with Gasteiger partial charge in [0, 0.05) is 15.8 Å². The van der Waals surface area contributed by atoms with Crippen molar-refractivity contribution >= 4 is 40.2 Å². The number of anilines is 1. The molecule has 0 saturated heterocycles. The number of rotatable bonds is 3. The Morgan fingerprint density at radius 1 is 1.09 bits per heavy atom. The van der Waals surface area contributed by atoms with Crippen LogP contribution in [0.3, 0.4) is 0 Å². The van der Waals surface area contributed by atoms with E-state index in [9.17, 15) is 9.59 Å². The first-order valence-corrected chi connectivity index (χ1v) is 8.54. The summed E-state index contributed by atoms with van der Waals surface area (Å²) in [6, 6.07) is 15.0. The minimum absolute atomic E-state index is 0.184. The monoisotopic (exact) mass is 421 g/mol. The number of carbonyl (C=O) groups is 2. The SMILES string of the molecule is O=C(OCC(=O)N1CCCc2ccccc21)c1ccccc1I. The van der Waals surface area contributed by atoms with Gasteiger partial charge >= 0.3 is 5.97 Å². The van der Waals surface area contributed by atoms with Crippen molar-refractivity contribution in [3.63, 3.8) is 0 Å². The summed E-state index contributed by atoms with van der Waals surface area (Å²) < 4.78 is 6.01. The van der Waals surface area contributed by atoms with E-state index in [2.05, 4.69) is 22.6 Å². The summed E-state index contributed by atoms with van der Waals surface area (Å²) >= 11 is 2.08. The number of ether oxygens (including phenoxy) is 1. The van der Waals surface area contributed by atoms with Gasteiger partial charge < -0.3 is 9.64 Å². The van der Waals surface area contributed by atoms with Crippen LogP contribution in [0, 0.1) is 3.57 Å². The molecule has 118 valence electrons. The van der Waals surface area contributed by atoms with Crippen LogP contribution in [0.1, 0.15) is 22.3 Å². The van der Waals surface area contributed by atoms with Gasteiger partial charge in [0.05, 0.1) is 5.56 Å². The van der Waals surface area contributed by atoms with Crippen LogP contribution >= 0.6 is 22.6 Å². The summed E-state index contributed by atoms with van der Waals surface area (Å²) in [4.78, 5) is 26.2. The van der Waals surface area contributed by atoms with E-state index in [0.29, 0.717) is 12.1 Å². The summed E-state index contributed by atoms with van der Waals surface area (Å²) in [6.45, 7) is 0.425. The highest BCUT2D eigenvalue weighted by Crippen LogP contribution is 2.26. The second kappa shape index (κ2) is 7.12. The molecule has 0 atom stereocenters. The molecule has 1 aliphatic rings. The minimum Gasteiger partial charge on any atom is -0.452 e. The summed E-state index contributed by atoms with van der Waals surface area (Å²) in [5.41, 5.74) is 2.57. The van der Waals surface area contributed by atoms with Gasteiger partial charge in [-0.25, -0.2) is 4.79 Å². The second-order valence-electron chi connectivity index (χ2n) is 5.33. The third-order valence-electron chi connectivity index (χ3n) is 3.83. The Bertz CT molecular complexity index is 745. The first-order chi connectivity index (χ1) is 11.2. The van der Waals surface area contributed by atoms with Crippen LogP contribution in [0.4, 0.5) is 5.69 Å². The molecule has 0 fully saturated rings. The van der Waals surface area contributed by atoms with Crippen molar-refractivity contribution in [2.45, 2.75) is 12.8 Å². The highest BCUT2D eigenvalue weighted by molar-refractivity contribution is 14.1. The molecule has 0 radical (unpaired) electrons. The number of para-hydroxylation sites is 1. The van der Waals surface area contributed by atoms with Crippen molar-refractivity contribution in [2.75, 3.05) is 18.1 Å². The molecule has 0 N–H and O–H groups in total. The van der Waals surface area contributed by atoms with E-state index in [1.807, 2.05) is 36.4 Å². The normalized spacial score (nSPS) is 13.3. The standard InChI is InChI=1S/C18H16INO3/c19-15-9-3-2-8-14(15)18(22)23-12-17(21)20-11-5-7-13-6-1-4-10-16(13)20/h1-4,6,8-10H,5,7,11-12H2. The first kappa shape index (κ1) is 16.0. The molecule has 0 aliphatic carbocycles. The second-order valence-corrected chi connectivity index (χ2v) is 6.50. The number of hydrogen-bond donors (Lipinski definition) is 0. The van der Waals surface area contributed by atoms with E-state index in [1.165, 1.54) is 0 Å². The zero-order chi connectivity index (χ0) is 16.2. The van der Waals surface area contributed by atoms with Crippen LogP contribution in [0.2, 0.25) is 0 Å². The Kier molecular flexibility index (Phi) is 4.95. The fourth-order valence-corrected chi connectivity index (χ4v) is 3.31. The van der Waals surface area contributed by atoms with Gasteiger partial charge in [0.2, 0.25) is 0 Å². The lowest BCUT2D eigenvalue weighted by molar-refractivity contribution is -0.121. The minimum atomic E-state index is -0.464. The number of benzene rings is 2. The number of halogens is 1. The van der Waals surface area contributed by atoms with Crippen LogP contribution in [0.25, 0.3) is 0 Å². The Morgan fingerprint density at radius 2 is 1.83 bits per heavy atom. The molecule has 0 saturated carbocycles. The molecular weight excluding hydrogens is 405 g/mol. The molecule has 2 aromatic carbocycles. The molecule has 1 heterocycles. The number of hydrogen-bond acceptors (Lipinski definition) is 3. The number of aryl methyl sites for hydroxylation is 1. The zero-order valence-electron chi connectivity index (χ0n) is 12.5. The Balaban J connectivity index is 1.67. The van der Waals surface area contributed by atoms with Crippen molar-refractivity contribution in [2.24, 2.45) is 0 Å². The average Bonchev–Trinajstić information content (AvgIpc) is 2.59. The molecule has 3 rings (SSSR count). The number of esters is 1. The number of nitrogens with zero attached hydrogens (tertiary/aromatic N) is 1. The topological polar surface area (TPSA) is 46.6 Å². The van der Waals surface area contributed by atoms with E-state index in [0.717, 1.165) is 27.7 Å². The van der Waals surface area contributed by atoms with Crippen LogP contribution in [-0.4, -0.2) is 25.0 Å². The lowest BCUT2D eigenvalue weighted by Crippen LogP contribution is -2.38. The van der Waals surface area contributed by atoms with Crippen LogP contribution in [0.15, 0.2) is 48.5 Å². The van der Waals surface area contributed by atoms with Gasteiger partial charge in [-0.3, -0.25) is 4.79 Å². The molecule has 4 nitrogen and oxygen atoms in total. The van der Waals surface area contributed by atoms with Gasteiger partial charge in [0.25, 0.3) is 5.91 Å². The van der Waals surface area contributed by atoms with Crippen molar-refractivity contribution in [3.05, 3.63) is 63.2 Å². The molecule has 0 spiro atoms. The van der Waals surface area contributed by atoms with E-state index < -0.39 is 5.97 Å². The maximum atomic E-state index is 12.4. The molecule has 0 bridgehead atoms. The van der Waals surface area contributed by atoms with E-state index in [-0.39, 0.29) is 12.5 Å². The quantitative estimate of drug-likeness (QED) is 0.564. The predicted octanol–water partition coefficient (Wildman–Crippen LogP) is 3.43. The summed E-state index contributed by atoms with van der Waals surface area (Å²) in [7, 11) is 0. The van der Waals surface area contributed by atoms with Crippen molar-refractivity contribution in [1.29, 1.82) is 0 Å². The Labute approximate surface area is 148 Å². The molecule has 23 heavy (non-hydrogen) atoms. The van der Waals surface area contributed by atoms with Gasteiger partial charge in [-0.05, 0) is 59.2 Å². The zero-order valence-corrected chi connectivity index (χ0v) is 14.7. The first-order valence-electron chi connectivity index (χ1n) is 7.47. The Morgan fingerprint density at radius 3 is 2.65 bits per heavy atom. The van der Waals surface area contributed by atoms with Crippen LogP contribution in [-0.2, 0) is 16.0 Å². The third kappa shape index (κ3) is 3.55. The fraction of sp³-hybridized carbons (Fsp3) is 0.222. The molecule has 0 unspecified atom stereocenters. The predicted molar refractivity (Wildman–Crippen MR) is 96.6 cm³/mol. The summed E-state index contributed by atoms with van der Waals surface area (Å²) in [5, 5.41) is 0.